The average molecular weight is 454 g/mol. The van der Waals surface area contributed by atoms with Crippen LogP contribution in [0.15, 0.2) is 59.6 Å². The van der Waals surface area contributed by atoms with Gasteiger partial charge in [0.05, 0.1) is 12.8 Å². The van der Waals surface area contributed by atoms with Gasteiger partial charge in [0, 0.05) is 19.5 Å². The van der Waals surface area contributed by atoms with E-state index >= 15 is 0 Å². The molecule has 6 nitrogen and oxygen atoms in total. The van der Waals surface area contributed by atoms with Crippen molar-refractivity contribution in [3.63, 3.8) is 0 Å². The van der Waals surface area contributed by atoms with Crippen LogP contribution in [0.25, 0.3) is 0 Å². The van der Waals surface area contributed by atoms with Gasteiger partial charge in [-0.15, -0.1) is 0 Å². The largest absolute Gasteiger partial charge is 0.497 e. The van der Waals surface area contributed by atoms with Crippen LogP contribution in [-0.2, 0) is 16.1 Å². The zero-order valence-electron chi connectivity index (χ0n) is 18.8. The Morgan fingerprint density at radius 3 is 2.53 bits per heavy atom. The number of para-hydroxylation sites is 1. The number of benzene rings is 2. The monoisotopic (exact) mass is 453 g/mol. The van der Waals surface area contributed by atoms with Crippen molar-refractivity contribution in [2.75, 3.05) is 13.7 Å². The number of aliphatic imine (C=N–C) groups is 1. The molecule has 2 amide bonds. The van der Waals surface area contributed by atoms with Crippen LogP contribution in [0, 0.1) is 0 Å². The van der Waals surface area contributed by atoms with Crippen molar-refractivity contribution in [3.8, 4) is 5.75 Å². The quantitative estimate of drug-likeness (QED) is 0.491. The van der Waals surface area contributed by atoms with Crippen LogP contribution in [0.1, 0.15) is 44.6 Å². The van der Waals surface area contributed by atoms with Crippen LogP contribution in [0.3, 0.4) is 0 Å². The first-order valence-corrected chi connectivity index (χ1v) is 12.0. The first kappa shape index (κ1) is 23.9. The van der Waals surface area contributed by atoms with E-state index in [0.717, 1.165) is 42.7 Å². The summed E-state index contributed by atoms with van der Waals surface area (Å²) in [5.41, 5.74) is 1.79. The first-order valence-electron chi connectivity index (χ1n) is 11.1. The molecule has 0 radical (unpaired) electrons. The van der Waals surface area contributed by atoms with E-state index in [2.05, 4.69) is 12.2 Å². The SMILES string of the molecule is CCCCCCN1C(=O)[C@@H](CC(=O)NCc2ccc(OC)cc2)SC1=Nc1ccccc1. The maximum Gasteiger partial charge on any atom is 0.242 e. The second-order valence-electron chi connectivity index (χ2n) is 7.72. The summed E-state index contributed by atoms with van der Waals surface area (Å²) >= 11 is 1.39. The zero-order valence-corrected chi connectivity index (χ0v) is 19.6. The molecule has 3 rings (SSSR count). The summed E-state index contributed by atoms with van der Waals surface area (Å²) in [4.78, 5) is 32.1. The Morgan fingerprint density at radius 1 is 1.09 bits per heavy atom. The summed E-state index contributed by atoms with van der Waals surface area (Å²) in [6.45, 7) is 3.22. The van der Waals surface area contributed by atoms with E-state index in [1.165, 1.54) is 11.8 Å². The number of ether oxygens (including phenoxy) is 1. The fraction of sp³-hybridized carbons (Fsp3) is 0.400. The van der Waals surface area contributed by atoms with E-state index in [4.69, 9.17) is 9.73 Å². The minimum atomic E-state index is -0.445. The van der Waals surface area contributed by atoms with E-state index in [-0.39, 0.29) is 18.2 Å². The number of thioether (sulfide) groups is 1. The summed E-state index contributed by atoms with van der Waals surface area (Å²) in [7, 11) is 1.62. The number of unbranched alkanes of at least 4 members (excludes halogenated alkanes) is 3. The van der Waals surface area contributed by atoms with Crippen LogP contribution < -0.4 is 10.1 Å². The molecule has 1 N–H and O–H groups in total. The highest BCUT2D eigenvalue weighted by atomic mass is 32.2. The van der Waals surface area contributed by atoms with E-state index in [1.807, 2.05) is 54.6 Å². The van der Waals surface area contributed by atoms with Crippen LogP contribution in [-0.4, -0.2) is 40.8 Å². The Balaban J connectivity index is 1.61. The predicted molar refractivity (Wildman–Crippen MR) is 130 cm³/mol. The number of rotatable bonds is 11. The van der Waals surface area contributed by atoms with E-state index < -0.39 is 5.25 Å². The molecule has 170 valence electrons. The van der Waals surface area contributed by atoms with Gasteiger partial charge in [0.1, 0.15) is 11.0 Å². The number of carbonyl (C=O) groups excluding carboxylic acids is 2. The van der Waals surface area contributed by atoms with Crippen molar-refractivity contribution in [2.45, 2.75) is 50.8 Å². The van der Waals surface area contributed by atoms with Gasteiger partial charge in [-0.05, 0) is 36.2 Å². The average Bonchev–Trinajstić information content (AvgIpc) is 3.10. The molecule has 0 aromatic heterocycles. The Kier molecular flexibility index (Phi) is 9.16. The molecule has 0 aliphatic carbocycles. The lowest BCUT2D eigenvalue weighted by atomic mass is 10.2. The van der Waals surface area contributed by atoms with Crippen molar-refractivity contribution < 1.29 is 14.3 Å². The number of nitrogens with one attached hydrogen (secondary N) is 1. The second-order valence-corrected chi connectivity index (χ2v) is 8.89. The number of amides is 2. The fourth-order valence-corrected chi connectivity index (χ4v) is 4.61. The highest BCUT2D eigenvalue weighted by molar-refractivity contribution is 8.15. The summed E-state index contributed by atoms with van der Waals surface area (Å²) in [5, 5.41) is 3.16. The Labute approximate surface area is 194 Å². The maximum absolute atomic E-state index is 13.1. The molecule has 32 heavy (non-hydrogen) atoms. The Hall–Kier alpha value is -2.80. The van der Waals surface area contributed by atoms with Gasteiger partial charge >= 0.3 is 0 Å². The number of hydrogen-bond donors (Lipinski definition) is 1. The molecule has 1 fully saturated rings. The molecule has 1 atom stereocenters. The molecular weight excluding hydrogens is 422 g/mol. The number of hydrogen-bond acceptors (Lipinski definition) is 5. The molecule has 2 aromatic rings. The third kappa shape index (κ3) is 6.85. The van der Waals surface area contributed by atoms with Crippen LogP contribution in [0.2, 0.25) is 0 Å². The van der Waals surface area contributed by atoms with Gasteiger partial charge in [0.2, 0.25) is 11.8 Å². The topological polar surface area (TPSA) is 71.0 Å². The fourth-order valence-electron chi connectivity index (χ4n) is 3.43. The molecule has 1 aliphatic rings. The normalized spacial score (nSPS) is 17.1. The molecule has 1 aliphatic heterocycles. The van der Waals surface area contributed by atoms with Gasteiger partial charge in [-0.3, -0.25) is 14.5 Å². The summed E-state index contributed by atoms with van der Waals surface area (Å²) < 4.78 is 5.16. The molecular formula is C25H31N3O3S. The van der Waals surface area contributed by atoms with Gasteiger partial charge in [-0.25, -0.2) is 4.99 Å². The van der Waals surface area contributed by atoms with E-state index in [9.17, 15) is 9.59 Å². The summed E-state index contributed by atoms with van der Waals surface area (Å²) in [6.07, 6.45) is 4.45. The number of nitrogens with zero attached hydrogens (tertiary/aromatic N) is 2. The van der Waals surface area contributed by atoms with Gasteiger partial charge < -0.3 is 10.1 Å². The highest BCUT2D eigenvalue weighted by Crippen LogP contribution is 2.32. The predicted octanol–water partition coefficient (Wildman–Crippen LogP) is 4.91. The highest BCUT2D eigenvalue weighted by Gasteiger charge is 2.38. The molecule has 0 spiro atoms. The van der Waals surface area contributed by atoms with Gasteiger partial charge in [0.25, 0.3) is 0 Å². The lowest BCUT2D eigenvalue weighted by Gasteiger charge is -2.16. The molecule has 1 saturated heterocycles. The van der Waals surface area contributed by atoms with Gasteiger partial charge in [-0.1, -0.05) is 68.3 Å². The molecule has 0 unspecified atom stereocenters. The third-order valence-electron chi connectivity index (χ3n) is 5.26. The molecule has 2 aromatic carbocycles. The van der Waals surface area contributed by atoms with Crippen molar-refractivity contribution in [1.82, 2.24) is 10.2 Å². The van der Waals surface area contributed by atoms with Crippen molar-refractivity contribution >= 4 is 34.4 Å². The van der Waals surface area contributed by atoms with Crippen LogP contribution in [0.4, 0.5) is 5.69 Å². The first-order chi connectivity index (χ1) is 15.6. The minimum Gasteiger partial charge on any atom is -0.497 e. The molecule has 1 heterocycles. The van der Waals surface area contributed by atoms with Gasteiger partial charge in [-0.2, -0.15) is 0 Å². The number of carbonyl (C=O) groups is 2. The Bertz CT molecular complexity index is 916. The van der Waals surface area contributed by atoms with Crippen molar-refractivity contribution in [1.29, 1.82) is 0 Å². The van der Waals surface area contributed by atoms with Crippen LogP contribution in [0.5, 0.6) is 5.75 Å². The molecule has 7 heteroatoms. The standard InChI is InChI=1S/C25H31N3O3S/c1-3-4-5-9-16-28-24(30)22(32-25(28)27-20-10-7-6-8-11-20)17-23(29)26-18-19-12-14-21(31-2)15-13-19/h6-8,10-15,22H,3-5,9,16-18H2,1-2H3,(H,26,29)/t22-/m1/s1. The second kappa shape index (κ2) is 12.3. The number of amidine groups is 1. The molecule has 0 bridgehead atoms. The van der Waals surface area contributed by atoms with Crippen molar-refractivity contribution in [2.24, 2.45) is 4.99 Å². The summed E-state index contributed by atoms with van der Waals surface area (Å²) in [6, 6.07) is 17.2. The molecule has 0 saturated carbocycles. The maximum atomic E-state index is 13.1. The van der Waals surface area contributed by atoms with Crippen LogP contribution >= 0.6 is 11.8 Å². The van der Waals surface area contributed by atoms with E-state index in [1.54, 1.807) is 12.0 Å². The van der Waals surface area contributed by atoms with Crippen molar-refractivity contribution in [3.05, 3.63) is 60.2 Å². The smallest absolute Gasteiger partial charge is 0.242 e. The van der Waals surface area contributed by atoms with E-state index in [0.29, 0.717) is 18.3 Å². The van der Waals surface area contributed by atoms with Gasteiger partial charge in [0.15, 0.2) is 5.17 Å². The zero-order chi connectivity index (χ0) is 22.8. The third-order valence-corrected chi connectivity index (χ3v) is 6.43. The number of methoxy groups -OCH3 is 1. The Morgan fingerprint density at radius 2 is 1.84 bits per heavy atom. The lowest BCUT2D eigenvalue weighted by molar-refractivity contribution is -0.129. The minimum absolute atomic E-state index is 0.0271. The summed E-state index contributed by atoms with van der Waals surface area (Å²) in [5.74, 6) is 0.608. The lowest BCUT2D eigenvalue weighted by Crippen LogP contribution is -2.35.